The molecule has 0 radical (unpaired) electrons. The molecule has 1 saturated carbocycles. The van der Waals surface area contributed by atoms with E-state index in [-0.39, 0.29) is 11.9 Å². The van der Waals surface area contributed by atoms with Crippen molar-refractivity contribution in [3.05, 3.63) is 52.1 Å². The fourth-order valence-electron chi connectivity index (χ4n) is 4.28. The quantitative estimate of drug-likeness (QED) is 0.400. The van der Waals surface area contributed by atoms with Crippen molar-refractivity contribution < 1.29 is 4.79 Å². The standard InChI is InChI=1S/C22H32ClN5O/c1-14(19-5-3-4-6-21(19)28-24)25-12-16-7-9-18(10-8-16)27-22(29)20-11-17(23)13-26-15(20)2/h11,13,16,18,25,28H,1,3-10,12,24H2,2H3,(H,27,29)/t16-,18-. The Bertz CT molecular complexity index is 783. The van der Waals surface area contributed by atoms with Gasteiger partial charge in [-0.15, -0.1) is 0 Å². The van der Waals surface area contributed by atoms with E-state index in [2.05, 4.69) is 27.6 Å². The van der Waals surface area contributed by atoms with E-state index in [0.717, 1.165) is 56.5 Å². The zero-order valence-corrected chi connectivity index (χ0v) is 17.9. The maximum absolute atomic E-state index is 12.6. The first-order valence-corrected chi connectivity index (χ1v) is 10.9. The summed E-state index contributed by atoms with van der Waals surface area (Å²) in [4.78, 5) is 16.7. The molecule has 0 unspecified atom stereocenters. The van der Waals surface area contributed by atoms with Crippen molar-refractivity contribution >= 4 is 17.5 Å². The highest BCUT2D eigenvalue weighted by atomic mass is 35.5. The summed E-state index contributed by atoms with van der Waals surface area (Å²) >= 11 is 5.99. The van der Waals surface area contributed by atoms with E-state index < -0.39 is 0 Å². The first-order valence-electron chi connectivity index (χ1n) is 10.5. The summed E-state index contributed by atoms with van der Waals surface area (Å²) in [5.41, 5.74) is 7.46. The van der Waals surface area contributed by atoms with Crippen molar-refractivity contribution in [3.8, 4) is 0 Å². The lowest BCUT2D eigenvalue weighted by molar-refractivity contribution is 0.0921. The number of hydrogen-bond donors (Lipinski definition) is 4. The van der Waals surface area contributed by atoms with Crippen LogP contribution in [0.4, 0.5) is 0 Å². The molecule has 0 atom stereocenters. The topological polar surface area (TPSA) is 92.1 Å². The summed E-state index contributed by atoms with van der Waals surface area (Å²) < 4.78 is 0. The lowest BCUT2D eigenvalue weighted by Crippen LogP contribution is -2.39. The molecule has 1 fully saturated rings. The zero-order valence-electron chi connectivity index (χ0n) is 17.2. The second kappa shape index (κ2) is 10.1. The molecule has 1 heterocycles. The van der Waals surface area contributed by atoms with Gasteiger partial charge >= 0.3 is 0 Å². The van der Waals surface area contributed by atoms with Crippen molar-refractivity contribution in [2.45, 2.75) is 64.3 Å². The van der Waals surface area contributed by atoms with Gasteiger partial charge in [0.25, 0.3) is 5.91 Å². The molecular weight excluding hydrogens is 386 g/mol. The zero-order chi connectivity index (χ0) is 20.8. The first-order chi connectivity index (χ1) is 14.0. The molecule has 1 amide bonds. The van der Waals surface area contributed by atoms with Gasteiger partial charge in [-0.2, -0.15) is 0 Å². The van der Waals surface area contributed by atoms with Crippen LogP contribution in [0.15, 0.2) is 35.8 Å². The molecule has 1 aromatic rings. The second-order valence-electron chi connectivity index (χ2n) is 8.15. The van der Waals surface area contributed by atoms with Crippen LogP contribution in [0.1, 0.15) is 67.4 Å². The van der Waals surface area contributed by atoms with Gasteiger partial charge in [-0.1, -0.05) is 18.2 Å². The lowest BCUT2D eigenvalue weighted by Gasteiger charge is -2.30. The second-order valence-corrected chi connectivity index (χ2v) is 8.58. The number of pyridine rings is 1. The van der Waals surface area contributed by atoms with E-state index >= 15 is 0 Å². The predicted octanol–water partition coefficient (Wildman–Crippen LogP) is 3.73. The van der Waals surface area contributed by atoms with Crippen LogP contribution in [0, 0.1) is 12.8 Å². The lowest BCUT2D eigenvalue weighted by atomic mass is 9.85. The van der Waals surface area contributed by atoms with Gasteiger partial charge in [0.15, 0.2) is 0 Å². The van der Waals surface area contributed by atoms with E-state index in [0.29, 0.717) is 22.2 Å². The minimum atomic E-state index is -0.0847. The summed E-state index contributed by atoms with van der Waals surface area (Å²) in [6.45, 7) is 6.97. The Hall–Kier alpha value is -2.05. The van der Waals surface area contributed by atoms with Crippen LogP contribution in [-0.4, -0.2) is 23.5 Å². The SMILES string of the molecule is C=C(NC[C@H]1CC[C@H](NC(=O)c2cc(Cl)cnc2C)CC1)C1=C(NN)CCCC1. The molecule has 2 aliphatic carbocycles. The highest BCUT2D eigenvalue weighted by molar-refractivity contribution is 6.30. The normalized spacial score (nSPS) is 22.2. The molecule has 6 nitrogen and oxygen atoms in total. The van der Waals surface area contributed by atoms with Crippen molar-refractivity contribution in [3.63, 3.8) is 0 Å². The molecule has 3 rings (SSSR count). The Morgan fingerprint density at radius 3 is 2.72 bits per heavy atom. The number of nitrogens with zero attached hydrogens (tertiary/aromatic N) is 1. The van der Waals surface area contributed by atoms with Crippen molar-refractivity contribution in [2.75, 3.05) is 6.54 Å². The van der Waals surface area contributed by atoms with Gasteiger partial charge < -0.3 is 16.1 Å². The predicted molar refractivity (Wildman–Crippen MR) is 117 cm³/mol. The third-order valence-electron chi connectivity index (χ3n) is 6.09. The molecule has 0 spiro atoms. The number of aryl methyl sites for hydroxylation is 1. The van der Waals surface area contributed by atoms with E-state index in [1.807, 2.05) is 6.92 Å². The molecular formula is C22H32ClN5O. The van der Waals surface area contributed by atoms with Gasteiger partial charge in [0, 0.05) is 30.2 Å². The monoisotopic (exact) mass is 417 g/mol. The number of nitrogens with two attached hydrogens (primary N) is 1. The maximum Gasteiger partial charge on any atom is 0.253 e. The Morgan fingerprint density at radius 1 is 1.28 bits per heavy atom. The molecule has 0 saturated heterocycles. The summed E-state index contributed by atoms with van der Waals surface area (Å²) in [5.74, 6) is 6.17. The highest BCUT2D eigenvalue weighted by Crippen LogP contribution is 2.28. The van der Waals surface area contributed by atoms with Gasteiger partial charge in [-0.3, -0.25) is 15.6 Å². The smallest absolute Gasteiger partial charge is 0.253 e. The molecule has 5 N–H and O–H groups in total. The Kier molecular flexibility index (Phi) is 7.56. The highest BCUT2D eigenvalue weighted by Gasteiger charge is 2.24. The minimum absolute atomic E-state index is 0.0847. The molecule has 29 heavy (non-hydrogen) atoms. The van der Waals surface area contributed by atoms with Gasteiger partial charge in [-0.25, -0.2) is 0 Å². The van der Waals surface area contributed by atoms with Crippen LogP contribution in [0.5, 0.6) is 0 Å². The number of amides is 1. The van der Waals surface area contributed by atoms with Crippen LogP contribution < -0.4 is 21.9 Å². The third-order valence-corrected chi connectivity index (χ3v) is 6.30. The Balaban J connectivity index is 1.45. The minimum Gasteiger partial charge on any atom is -0.385 e. The Labute approximate surface area is 178 Å². The fourth-order valence-corrected chi connectivity index (χ4v) is 4.44. The number of aromatic nitrogens is 1. The number of hydrogen-bond acceptors (Lipinski definition) is 5. The molecule has 7 heteroatoms. The van der Waals surface area contributed by atoms with Crippen LogP contribution >= 0.6 is 11.6 Å². The number of rotatable bonds is 7. The van der Waals surface area contributed by atoms with Crippen molar-refractivity contribution in [1.82, 2.24) is 21.0 Å². The average Bonchev–Trinajstić information content (AvgIpc) is 2.74. The van der Waals surface area contributed by atoms with Crippen molar-refractivity contribution in [2.24, 2.45) is 11.8 Å². The summed E-state index contributed by atoms with van der Waals surface area (Å²) in [7, 11) is 0. The van der Waals surface area contributed by atoms with Crippen LogP contribution in [0.3, 0.4) is 0 Å². The number of carbonyl (C=O) groups is 1. The van der Waals surface area contributed by atoms with Gasteiger partial charge in [0.2, 0.25) is 0 Å². The van der Waals surface area contributed by atoms with Gasteiger partial charge in [0.05, 0.1) is 16.3 Å². The molecule has 0 aromatic carbocycles. The largest absolute Gasteiger partial charge is 0.385 e. The fraction of sp³-hybridized carbons (Fsp3) is 0.545. The van der Waals surface area contributed by atoms with Gasteiger partial charge in [-0.05, 0) is 75.8 Å². The third kappa shape index (κ3) is 5.73. The van der Waals surface area contributed by atoms with Crippen molar-refractivity contribution in [1.29, 1.82) is 0 Å². The first kappa shape index (κ1) is 21.7. The molecule has 2 aliphatic rings. The maximum atomic E-state index is 12.6. The molecule has 158 valence electrons. The van der Waals surface area contributed by atoms with Crippen LogP contribution in [0.2, 0.25) is 5.02 Å². The Morgan fingerprint density at radius 2 is 2.00 bits per heavy atom. The molecule has 1 aromatic heterocycles. The number of hydrazine groups is 1. The molecule has 0 bridgehead atoms. The van der Waals surface area contributed by atoms with Crippen LogP contribution in [0.25, 0.3) is 0 Å². The van der Waals surface area contributed by atoms with Crippen LogP contribution in [-0.2, 0) is 0 Å². The van der Waals surface area contributed by atoms with E-state index in [9.17, 15) is 4.79 Å². The number of allylic oxidation sites excluding steroid dienone is 2. The van der Waals surface area contributed by atoms with E-state index in [1.54, 1.807) is 12.3 Å². The number of halogens is 1. The summed E-state index contributed by atoms with van der Waals surface area (Å²) in [5, 5.41) is 7.16. The van der Waals surface area contributed by atoms with E-state index in [1.165, 1.54) is 18.4 Å². The average molecular weight is 418 g/mol. The summed E-state index contributed by atoms with van der Waals surface area (Å²) in [6.07, 6.45) is 10.1. The van der Waals surface area contributed by atoms with Gasteiger partial charge in [0.1, 0.15) is 0 Å². The number of carbonyl (C=O) groups excluding carboxylic acids is 1. The number of nitrogens with one attached hydrogen (secondary N) is 3. The summed E-state index contributed by atoms with van der Waals surface area (Å²) in [6, 6.07) is 1.89. The van der Waals surface area contributed by atoms with E-state index in [4.69, 9.17) is 17.4 Å². The molecule has 0 aliphatic heterocycles.